The Morgan fingerprint density at radius 3 is 2.79 bits per heavy atom. The van der Waals surface area contributed by atoms with Crippen LogP contribution >= 0.6 is 11.6 Å². The van der Waals surface area contributed by atoms with Crippen LogP contribution in [-0.4, -0.2) is 44.3 Å². The number of nitrogens with zero attached hydrogens (tertiary/aromatic N) is 3. The molecule has 24 heavy (non-hydrogen) atoms. The predicted molar refractivity (Wildman–Crippen MR) is 102 cm³/mol. The van der Waals surface area contributed by atoms with Gasteiger partial charge in [0.25, 0.3) is 0 Å². The van der Waals surface area contributed by atoms with E-state index in [1.165, 1.54) is 23.9 Å². The van der Waals surface area contributed by atoms with Crippen LogP contribution in [0.5, 0.6) is 0 Å². The van der Waals surface area contributed by atoms with Crippen LogP contribution in [0.25, 0.3) is 10.8 Å². The van der Waals surface area contributed by atoms with Gasteiger partial charge in [0.1, 0.15) is 5.82 Å². The Labute approximate surface area is 148 Å². The summed E-state index contributed by atoms with van der Waals surface area (Å²) < 4.78 is 0. The van der Waals surface area contributed by atoms with Gasteiger partial charge in [0.2, 0.25) is 0 Å². The van der Waals surface area contributed by atoms with Crippen LogP contribution in [0.4, 0.5) is 11.5 Å². The number of nitrogens with one attached hydrogen (secondary N) is 1. The number of fused-ring (bicyclic) bond motifs is 1. The van der Waals surface area contributed by atoms with Gasteiger partial charge in [-0.25, -0.2) is 4.98 Å². The summed E-state index contributed by atoms with van der Waals surface area (Å²) in [4.78, 5) is 9.72. The van der Waals surface area contributed by atoms with E-state index < -0.39 is 0 Å². The molecule has 0 aliphatic carbocycles. The Kier molecular flexibility index (Phi) is 4.51. The van der Waals surface area contributed by atoms with E-state index in [9.17, 15) is 0 Å². The fourth-order valence-electron chi connectivity index (χ4n) is 4.00. The maximum atomic E-state index is 6.63. The van der Waals surface area contributed by atoms with Gasteiger partial charge >= 0.3 is 0 Å². The first-order valence-electron chi connectivity index (χ1n) is 9.02. The molecule has 0 spiro atoms. The van der Waals surface area contributed by atoms with Crippen molar-refractivity contribution < 1.29 is 0 Å². The number of rotatable bonds is 2. The molecule has 3 heterocycles. The summed E-state index contributed by atoms with van der Waals surface area (Å²) in [5.41, 5.74) is 1.21. The molecule has 1 aromatic carbocycles. The first kappa shape index (κ1) is 16.0. The molecular weight excluding hydrogens is 320 g/mol. The number of anilines is 2. The molecule has 1 unspecified atom stereocenters. The molecule has 4 nitrogen and oxygen atoms in total. The Morgan fingerprint density at radius 2 is 2.00 bits per heavy atom. The summed E-state index contributed by atoms with van der Waals surface area (Å²) in [6.45, 7) is 8.55. The second-order valence-electron chi connectivity index (χ2n) is 7.06. The number of hydrogen-bond donors (Lipinski definition) is 1. The average Bonchev–Trinajstić information content (AvgIpc) is 2.62. The van der Waals surface area contributed by atoms with Gasteiger partial charge in [-0.2, -0.15) is 0 Å². The monoisotopic (exact) mass is 344 g/mol. The average molecular weight is 345 g/mol. The van der Waals surface area contributed by atoms with E-state index >= 15 is 0 Å². The van der Waals surface area contributed by atoms with Gasteiger partial charge in [0.05, 0.1) is 16.9 Å². The SMILES string of the molecule is CC1CCCN(c2ncc(N3CCNCC3)c3cccc(Cl)c23)C1. The first-order valence-corrected chi connectivity index (χ1v) is 9.39. The molecule has 2 saturated heterocycles. The zero-order valence-corrected chi connectivity index (χ0v) is 15.0. The van der Waals surface area contributed by atoms with Gasteiger partial charge in [-0.1, -0.05) is 30.7 Å². The Bertz CT molecular complexity index is 727. The number of piperazine rings is 1. The van der Waals surface area contributed by atoms with Gasteiger partial charge in [0, 0.05) is 50.0 Å². The third kappa shape index (κ3) is 2.93. The second kappa shape index (κ2) is 6.77. The lowest BCUT2D eigenvalue weighted by Gasteiger charge is -2.34. The lowest BCUT2D eigenvalue weighted by molar-refractivity contribution is 0.445. The number of benzene rings is 1. The normalized spacial score (nSPS) is 22.2. The second-order valence-corrected chi connectivity index (χ2v) is 7.47. The summed E-state index contributed by atoms with van der Waals surface area (Å²) >= 11 is 6.63. The highest BCUT2D eigenvalue weighted by atomic mass is 35.5. The largest absolute Gasteiger partial charge is 0.367 e. The van der Waals surface area contributed by atoms with Crippen LogP contribution in [0.2, 0.25) is 5.02 Å². The first-order chi connectivity index (χ1) is 11.7. The molecule has 0 radical (unpaired) electrons. The van der Waals surface area contributed by atoms with Crippen LogP contribution in [0.3, 0.4) is 0 Å². The summed E-state index contributed by atoms with van der Waals surface area (Å²) in [5.74, 6) is 1.77. The molecule has 128 valence electrons. The molecule has 5 heteroatoms. The van der Waals surface area contributed by atoms with Crippen molar-refractivity contribution in [2.24, 2.45) is 5.92 Å². The van der Waals surface area contributed by atoms with Crippen molar-refractivity contribution in [3.63, 3.8) is 0 Å². The van der Waals surface area contributed by atoms with E-state index in [4.69, 9.17) is 16.6 Å². The smallest absolute Gasteiger partial charge is 0.138 e. The highest BCUT2D eigenvalue weighted by Gasteiger charge is 2.23. The minimum atomic E-state index is 0.714. The fraction of sp³-hybridized carbons (Fsp3) is 0.526. The minimum Gasteiger partial charge on any atom is -0.367 e. The van der Waals surface area contributed by atoms with Crippen LogP contribution in [-0.2, 0) is 0 Å². The van der Waals surface area contributed by atoms with Gasteiger partial charge in [-0.15, -0.1) is 0 Å². The highest BCUT2D eigenvalue weighted by Crippen LogP contribution is 2.38. The molecular formula is C19H25ClN4. The van der Waals surface area contributed by atoms with E-state index in [1.807, 2.05) is 6.07 Å². The lowest BCUT2D eigenvalue weighted by atomic mass is 9.99. The molecule has 2 aliphatic heterocycles. The van der Waals surface area contributed by atoms with E-state index in [0.717, 1.165) is 55.5 Å². The summed E-state index contributed by atoms with van der Waals surface area (Å²) in [6, 6.07) is 6.24. The maximum absolute atomic E-state index is 6.63. The number of pyridine rings is 1. The molecule has 0 amide bonds. The van der Waals surface area contributed by atoms with E-state index in [2.05, 4.69) is 40.4 Å². The molecule has 1 aromatic heterocycles. The maximum Gasteiger partial charge on any atom is 0.138 e. The zero-order chi connectivity index (χ0) is 16.5. The number of halogens is 1. The minimum absolute atomic E-state index is 0.714. The summed E-state index contributed by atoms with van der Waals surface area (Å²) in [6.07, 6.45) is 4.59. The topological polar surface area (TPSA) is 31.4 Å². The molecule has 2 aromatic rings. The molecule has 2 fully saturated rings. The van der Waals surface area contributed by atoms with Gasteiger partial charge in [0.15, 0.2) is 0 Å². The highest BCUT2D eigenvalue weighted by molar-refractivity contribution is 6.37. The Morgan fingerprint density at radius 1 is 1.17 bits per heavy atom. The van der Waals surface area contributed by atoms with Crippen molar-refractivity contribution in [1.29, 1.82) is 0 Å². The lowest BCUT2D eigenvalue weighted by Crippen LogP contribution is -2.43. The third-order valence-corrected chi connectivity index (χ3v) is 5.55. The molecule has 4 rings (SSSR count). The third-order valence-electron chi connectivity index (χ3n) is 5.24. The Balaban J connectivity index is 1.81. The van der Waals surface area contributed by atoms with E-state index in [0.29, 0.717) is 5.92 Å². The molecule has 1 N–H and O–H groups in total. The number of piperidine rings is 1. The van der Waals surface area contributed by atoms with E-state index in [1.54, 1.807) is 0 Å². The van der Waals surface area contributed by atoms with Crippen molar-refractivity contribution in [2.75, 3.05) is 49.1 Å². The molecule has 0 bridgehead atoms. The van der Waals surface area contributed by atoms with Crippen molar-refractivity contribution in [3.8, 4) is 0 Å². The van der Waals surface area contributed by atoms with Crippen molar-refractivity contribution in [1.82, 2.24) is 10.3 Å². The summed E-state index contributed by atoms with van der Waals surface area (Å²) in [7, 11) is 0. The predicted octanol–water partition coefficient (Wildman–Crippen LogP) is 3.53. The van der Waals surface area contributed by atoms with Gasteiger partial charge in [-0.05, 0) is 24.8 Å². The molecule has 0 saturated carbocycles. The summed E-state index contributed by atoms with van der Waals surface area (Å²) in [5, 5.41) is 6.57. The quantitative estimate of drug-likeness (QED) is 0.903. The van der Waals surface area contributed by atoms with Crippen molar-refractivity contribution >= 4 is 33.9 Å². The molecule has 2 aliphatic rings. The fourth-order valence-corrected chi connectivity index (χ4v) is 4.26. The molecule has 1 atom stereocenters. The standard InChI is InChI=1S/C19H25ClN4/c1-14-4-3-9-24(13-14)19-18-15(5-2-6-16(18)20)17(12-22-19)23-10-7-21-8-11-23/h2,5-6,12,14,21H,3-4,7-11,13H2,1H3. The van der Waals surface area contributed by atoms with Crippen LogP contribution in [0, 0.1) is 5.92 Å². The van der Waals surface area contributed by atoms with Crippen LogP contribution < -0.4 is 15.1 Å². The van der Waals surface area contributed by atoms with Crippen LogP contribution in [0.15, 0.2) is 24.4 Å². The Hall–Kier alpha value is -1.52. The van der Waals surface area contributed by atoms with Crippen molar-refractivity contribution in [2.45, 2.75) is 19.8 Å². The van der Waals surface area contributed by atoms with Gasteiger partial charge < -0.3 is 15.1 Å². The number of aromatic nitrogens is 1. The van der Waals surface area contributed by atoms with E-state index in [-0.39, 0.29) is 0 Å². The number of hydrogen-bond acceptors (Lipinski definition) is 4. The van der Waals surface area contributed by atoms with Crippen molar-refractivity contribution in [3.05, 3.63) is 29.4 Å². The zero-order valence-electron chi connectivity index (χ0n) is 14.3. The van der Waals surface area contributed by atoms with Gasteiger partial charge in [-0.3, -0.25) is 0 Å². The van der Waals surface area contributed by atoms with Crippen LogP contribution in [0.1, 0.15) is 19.8 Å².